The molecule has 0 aliphatic rings. The van der Waals surface area contributed by atoms with Gasteiger partial charge < -0.3 is 34.0 Å². The maximum atomic E-state index is 5.87. The Morgan fingerprint density at radius 2 is 1.44 bits per heavy atom. The number of nitrogen functional groups attached to an aromatic ring is 2. The third-order valence-corrected chi connectivity index (χ3v) is 2.29. The lowest BCUT2D eigenvalue weighted by molar-refractivity contribution is 0.539. The quantitative estimate of drug-likeness (QED) is 0.250. The smallest absolute Gasteiger partial charge is 0.230 e. The Morgan fingerprint density at radius 1 is 0.889 bits per heavy atom. The Kier molecular flexibility index (Phi) is 5.49. The summed E-state index contributed by atoms with van der Waals surface area (Å²) in [5.41, 5.74) is 27.6. The fourth-order valence-electron chi connectivity index (χ4n) is 1.46. The first-order chi connectivity index (χ1) is 8.47. The van der Waals surface area contributed by atoms with E-state index in [0.717, 1.165) is 25.7 Å². The molecule has 18 heavy (non-hydrogen) atoms. The third-order valence-electron chi connectivity index (χ3n) is 2.29. The van der Waals surface area contributed by atoms with Gasteiger partial charge in [0.05, 0.1) is 12.3 Å². The lowest BCUT2D eigenvalue weighted by Gasteiger charge is -2.14. The molecule has 11 N–H and O–H groups in total. The van der Waals surface area contributed by atoms with Gasteiger partial charge in [-0.3, -0.25) is 0 Å². The highest BCUT2D eigenvalue weighted by Crippen LogP contribution is 2.07. The van der Waals surface area contributed by atoms with Crippen molar-refractivity contribution in [2.75, 3.05) is 16.8 Å². The van der Waals surface area contributed by atoms with Crippen molar-refractivity contribution in [1.29, 1.82) is 0 Å². The number of unbranched alkanes of at least 4 members (excludes halogenated alkanes) is 1. The minimum absolute atomic E-state index is 0.0614. The van der Waals surface area contributed by atoms with E-state index < -0.39 is 0 Å². The zero-order valence-corrected chi connectivity index (χ0v) is 10.2. The van der Waals surface area contributed by atoms with Crippen LogP contribution in [0.2, 0.25) is 0 Å². The molecule has 0 aliphatic carbocycles. The van der Waals surface area contributed by atoms with Crippen molar-refractivity contribution in [3.63, 3.8) is 0 Å². The number of rotatable bonds is 7. The summed E-state index contributed by atoms with van der Waals surface area (Å²) in [5, 5.41) is 2.90. The molecule has 0 amide bonds. The molecule has 102 valence electrons. The summed E-state index contributed by atoms with van der Waals surface area (Å²) in [4.78, 5) is 11.4. The Labute approximate surface area is 106 Å². The molecule has 0 aromatic carbocycles. The number of anilines is 3. The van der Waals surface area contributed by atoms with Crippen molar-refractivity contribution >= 4 is 17.8 Å². The van der Waals surface area contributed by atoms with Crippen molar-refractivity contribution in [2.45, 2.75) is 38.0 Å². The second-order valence-corrected chi connectivity index (χ2v) is 4.07. The average molecular weight is 255 g/mol. The number of hydrogen-bond donors (Lipinski definition) is 6. The van der Waals surface area contributed by atoms with Gasteiger partial charge in [-0.1, -0.05) is 6.42 Å². The van der Waals surface area contributed by atoms with Crippen LogP contribution in [0.3, 0.4) is 0 Å². The second kappa shape index (κ2) is 6.89. The summed E-state index contributed by atoms with van der Waals surface area (Å²) < 4.78 is 0. The molecular formula is C9H21N9. The van der Waals surface area contributed by atoms with Crippen LogP contribution in [0.25, 0.3) is 0 Å². The van der Waals surface area contributed by atoms with Crippen LogP contribution in [-0.4, -0.2) is 27.3 Å². The second-order valence-electron chi connectivity index (χ2n) is 4.07. The van der Waals surface area contributed by atoms with Gasteiger partial charge >= 0.3 is 0 Å². The molecule has 0 saturated heterocycles. The summed E-state index contributed by atoms with van der Waals surface area (Å²) in [6.07, 6.45) is 2.82. The molecule has 0 radical (unpaired) electrons. The number of aromatic nitrogens is 3. The van der Waals surface area contributed by atoms with Gasteiger partial charge in [-0.2, -0.15) is 15.0 Å². The summed E-state index contributed by atoms with van der Waals surface area (Å²) in [5.74, 6) is 0.403. The Balaban J connectivity index is 2.33. The van der Waals surface area contributed by atoms with Crippen LogP contribution in [0, 0.1) is 0 Å². The van der Waals surface area contributed by atoms with E-state index in [1.54, 1.807) is 0 Å². The number of hydrogen-bond acceptors (Lipinski definition) is 9. The van der Waals surface area contributed by atoms with E-state index in [1.807, 2.05) is 0 Å². The number of nitrogens with zero attached hydrogens (tertiary/aromatic N) is 3. The van der Waals surface area contributed by atoms with Crippen LogP contribution in [0.5, 0.6) is 0 Å². The van der Waals surface area contributed by atoms with Gasteiger partial charge in [0.2, 0.25) is 17.8 Å². The topological polar surface area (TPSA) is 181 Å². The first kappa shape index (κ1) is 14.4. The summed E-state index contributed by atoms with van der Waals surface area (Å²) in [6, 6.07) is 0. The summed E-state index contributed by atoms with van der Waals surface area (Å²) in [7, 11) is 0. The van der Waals surface area contributed by atoms with E-state index >= 15 is 0 Å². The minimum atomic E-state index is -0.278. The average Bonchev–Trinajstić information content (AvgIpc) is 2.22. The molecule has 0 saturated carbocycles. The minimum Gasteiger partial charge on any atom is -0.368 e. The molecule has 1 aromatic rings. The van der Waals surface area contributed by atoms with Crippen LogP contribution in [0.15, 0.2) is 0 Å². The zero-order valence-electron chi connectivity index (χ0n) is 10.2. The molecule has 9 nitrogen and oxygen atoms in total. The van der Waals surface area contributed by atoms with E-state index in [4.69, 9.17) is 28.7 Å². The summed E-state index contributed by atoms with van der Waals surface area (Å²) >= 11 is 0. The fraction of sp³-hybridized carbons (Fsp3) is 0.667. The van der Waals surface area contributed by atoms with Crippen molar-refractivity contribution in [3.05, 3.63) is 0 Å². The van der Waals surface area contributed by atoms with E-state index in [0.29, 0.717) is 0 Å². The van der Waals surface area contributed by atoms with Crippen LogP contribution >= 0.6 is 0 Å². The van der Waals surface area contributed by atoms with E-state index in [-0.39, 0.29) is 30.2 Å². The highest BCUT2D eigenvalue weighted by Gasteiger charge is 2.07. The lowest BCUT2D eigenvalue weighted by Crippen LogP contribution is -2.32. The highest BCUT2D eigenvalue weighted by atomic mass is 15.2. The molecule has 9 heteroatoms. The standard InChI is InChI=1S/C9H21N9/c10-5(11)3-1-2-4-6(12)15-9-17-7(13)16-8(14)18-9/h5-6H,1-4,10-12H2,(H5,13,14,15,16,17,18). The highest BCUT2D eigenvalue weighted by molar-refractivity contribution is 5.37. The molecule has 0 spiro atoms. The van der Waals surface area contributed by atoms with Gasteiger partial charge in [0.1, 0.15) is 0 Å². The van der Waals surface area contributed by atoms with Crippen molar-refractivity contribution in [1.82, 2.24) is 15.0 Å². The van der Waals surface area contributed by atoms with Gasteiger partial charge in [0, 0.05) is 0 Å². The molecule has 1 heterocycles. The maximum Gasteiger partial charge on any atom is 0.230 e. The Morgan fingerprint density at radius 3 is 2.00 bits per heavy atom. The van der Waals surface area contributed by atoms with Crippen LogP contribution in [-0.2, 0) is 0 Å². The molecular weight excluding hydrogens is 234 g/mol. The predicted octanol–water partition coefficient (Wildman–Crippen LogP) is -1.46. The molecule has 0 aliphatic heterocycles. The molecule has 1 unspecified atom stereocenters. The van der Waals surface area contributed by atoms with Crippen LogP contribution in [0.1, 0.15) is 25.7 Å². The maximum absolute atomic E-state index is 5.87. The van der Waals surface area contributed by atoms with E-state index in [2.05, 4.69) is 20.3 Å². The monoisotopic (exact) mass is 255 g/mol. The first-order valence-corrected chi connectivity index (χ1v) is 5.77. The van der Waals surface area contributed by atoms with Crippen molar-refractivity contribution < 1.29 is 0 Å². The van der Waals surface area contributed by atoms with Gasteiger partial charge in [0.25, 0.3) is 0 Å². The molecule has 1 rings (SSSR count). The molecule has 0 fully saturated rings. The van der Waals surface area contributed by atoms with Gasteiger partial charge in [0.15, 0.2) is 0 Å². The van der Waals surface area contributed by atoms with Gasteiger partial charge in [-0.05, 0) is 19.3 Å². The predicted molar refractivity (Wildman–Crippen MR) is 70.9 cm³/mol. The fourth-order valence-corrected chi connectivity index (χ4v) is 1.46. The van der Waals surface area contributed by atoms with Crippen molar-refractivity contribution in [2.24, 2.45) is 17.2 Å². The zero-order chi connectivity index (χ0) is 13.5. The first-order valence-electron chi connectivity index (χ1n) is 5.77. The molecule has 1 atom stereocenters. The normalized spacial score (nSPS) is 12.7. The number of nitrogens with one attached hydrogen (secondary N) is 1. The summed E-state index contributed by atoms with van der Waals surface area (Å²) in [6.45, 7) is 0. The van der Waals surface area contributed by atoms with E-state index in [9.17, 15) is 0 Å². The lowest BCUT2D eigenvalue weighted by atomic mass is 10.1. The van der Waals surface area contributed by atoms with Crippen LogP contribution in [0.4, 0.5) is 17.8 Å². The Hall–Kier alpha value is -1.71. The van der Waals surface area contributed by atoms with Crippen LogP contribution < -0.4 is 34.0 Å². The third kappa shape index (κ3) is 5.57. The van der Waals surface area contributed by atoms with Gasteiger partial charge in [-0.15, -0.1) is 0 Å². The largest absolute Gasteiger partial charge is 0.368 e. The SMILES string of the molecule is Nc1nc(N)nc(NC(N)CCCCC(N)N)n1. The van der Waals surface area contributed by atoms with Gasteiger partial charge in [-0.25, -0.2) is 0 Å². The Bertz CT molecular complexity index is 347. The molecule has 0 bridgehead atoms. The van der Waals surface area contributed by atoms with Crippen molar-refractivity contribution in [3.8, 4) is 0 Å². The van der Waals surface area contributed by atoms with E-state index in [1.165, 1.54) is 0 Å². The molecule has 1 aromatic heterocycles. The number of nitrogens with two attached hydrogens (primary N) is 5.